The Labute approximate surface area is 121 Å². The Hall–Kier alpha value is -2.64. The van der Waals surface area contributed by atoms with Gasteiger partial charge in [-0.15, -0.1) is 0 Å². The molecule has 114 valence electrons. The molecule has 1 rings (SSSR count). The Morgan fingerprint density at radius 3 is 2.76 bits per heavy atom. The van der Waals surface area contributed by atoms with E-state index in [9.17, 15) is 14.4 Å². The van der Waals surface area contributed by atoms with Crippen LogP contribution in [-0.2, 0) is 16.1 Å². The van der Waals surface area contributed by atoms with Crippen LogP contribution in [0.25, 0.3) is 0 Å². The summed E-state index contributed by atoms with van der Waals surface area (Å²) in [6.07, 6.45) is 1.35. The Morgan fingerprint density at radius 1 is 1.43 bits per heavy atom. The lowest BCUT2D eigenvalue weighted by Gasteiger charge is -2.13. The van der Waals surface area contributed by atoms with Gasteiger partial charge in [-0.2, -0.15) is 0 Å². The number of carbonyl (C=O) groups excluding carboxylic acids is 2. The number of aromatic nitrogens is 1. The topological polar surface area (TPSA) is 118 Å². The van der Waals surface area contributed by atoms with Crippen LogP contribution in [0.1, 0.15) is 29.9 Å². The van der Waals surface area contributed by atoms with Crippen molar-refractivity contribution in [2.45, 2.75) is 26.4 Å². The zero-order valence-corrected chi connectivity index (χ0v) is 11.8. The van der Waals surface area contributed by atoms with Gasteiger partial charge >= 0.3 is 18.0 Å². The number of nitrogens with zero attached hydrogens (tertiary/aromatic N) is 1. The fraction of sp³-hybridized carbons (Fsp3) is 0.385. The first-order valence-corrected chi connectivity index (χ1v) is 6.33. The predicted molar refractivity (Wildman–Crippen MR) is 72.7 cm³/mol. The summed E-state index contributed by atoms with van der Waals surface area (Å²) in [6.45, 7) is 3.45. The SMILES string of the molecule is CCOC(=O)C(C)NC(=O)NCc1cc(C(=O)O)ccn1. The molecule has 21 heavy (non-hydrogen) atoms. The lowest BCUT2D eigenvalue weighted by Crippen LogP contribution is -2.44. The van der Waals surface area contributed by atoms with E-state index in [1.165, 1.54) is 25.3 Å². The number of ether oxygens (including phenoxy) is 1. The molecule has 2 amide bonds. The lowest BCUT2D eigenvalue weighted by atomic mass is 10.2. The van der Waals surface area contributed by atoms with Gasteiger partial charge in [0.2, 0.25) is 0 Å². The third kappa shape index (κ3) is 5.47. The van der Waals surface area contributed by atoms with Gasteiger partial charge in [0.1, 0.15) is 6.04 Å². The quantitative estimate of drug-likeness (QED) is 0.659. The molecule has 1 aromatic heterocycles. The molecule has 0 radical (unpaired) electrons. The van der Waals surface area contributed by atoms with E-state index in [1.54, 1.807) is 6.92 Å². The highest BCUT2D eigenvalue weighted by molar-refractivity contribution is 5.87. The van der Waals surface area contributed by atoms with Gasteiger partial charge < -0.3 is 20.5 Å². The molecule has 0 bridgehead atoms. The minimum atomic E-state index is -1.07. The Bertz CT molecular complexity index is 532. The number of amides is 2. The smallest absolute Gasteiger partial charge is 0.335 e. The van der Waals surface area contributed by atoms with E-state index in [-0.39, 0.29) is 18.7 Å². The molecule has 0 aromatic carbocycles. The van der Waals surface area contributed by atoms with Crippen LogP contribution in [0.2, 0.25) is 0 Å². The van der Waals surface area contributed by atoms with Gasteiger partial charge in [-0.3, -0.25) is 4.98 Å². The monoisotopic (exact) mass is 295 g/mol. The van der Waals surface area contributed by atoms with Crippen molar-refractivity contribution < 1.29 is 24.2 Å². The van der Waals surface area contributed by atoms with Crippen LogP contribution in [0.4, 0.5) is 4.79 Å². The van der Waals surface area contributed by atoms with Gasteiger partial charge in [0.05, 0.1) is 24.4 Å². The van der Waals surface area contributed by atoms with E-state index in [0.717, 1.165) is 0 Å². The molecule has 0 spiro atoms. The van der Waals surface area contributed by atoms with E-state index in [1.807, 2.05) is 0 Å². The van der Waals surface area contributed by atoms with E-state index >= 15 is 0 Å². The summed E-state index contributed by atoms with van der Waals surface area (Å²) in [5.74, 6) is -1.60. The predicted octanol–water partition coefficient (Wildman–Crippen LogP) is 0.531. The first-order valence-electron chi connectivity index (χ1n) is 6.33. The number of esters is 1. The summed E-state index contributed by atoms with van der Waals surface area (Å²) < 4.78 is 4.75. The number of hydrogen-bond donors (Lipinski definition) is 3. The Kier molecular flexibility index (Phi) is 6.12. The maximum atomic E-state index is 11.6. The van der Waals surface area contributed by atoms with Gasteiger partial charge in [-0.1, -0.05) is 0 Å². The zero-order valence-electron chi connectivity index (χ0n) is 11.8. The minimum Gasteiger partial charge on any atom is -0.478 e. The highest BCUT2D eigenvalue weighted by atomic mass is 16.5. The summed E-state index contributed by atoms with van der Waals surface area (Å²) in [5, 5.41) is 13.7. The largest absolute Gasteiger partial charge is 0.478 e. The second-order valence-corrected chi connectivity index (χ2v) is 4.14. The highest BCUT2D eigenvalue weighted by Gasteiger charge is 2.16. The molecule has 1 atom stereocenters. The number of pyridine rings is 1. The number of carboxylic acid groups (broad SMARTS) is 1. The van der Waals surface area contributed by atoms with Gasteiger partial charge in [0, 0.05) is 6.20 Å². The van der Waals surface area contributed by atoms with Gasteiger partial charge in [0.15, 0.2) is 0 Å². The molecule has 1 heterocycles. The minimum absolute atomic E-state index is 0.0441. The summed E-state index contributed by atoms with van der Waals surface area (Å²) in [7, 11) is 0. The molecule has 8 heteroatoms. The summed E-state index contributed by atoms with van der Waals surface area (Å²) in [5.41, 5.74) is 0.482. The second-order valence-electron chi connectivity index (χ2n) is 4.14. The molecule has 0 aliphatic heterocycles. The molecular formula is C13H17N3O5. The van der Waals surface area contributed by atoms with Crippen molar-refractivity contribution >= 4 is 18.0 Å². The molecule has 0 saturated heterocycles. The molecule has 8 nitrogen and oxygen atoms in total. The van der Waals surface area contributed by atoms with Crippen LogP contribution in [0, 0.1) is 0 Å². The number of carboxylic acids is 1. The second kappa shape index (κ2) is 7.83. The van der Waals surface area contributed by atoms with Crippen molar-refractivity contribution in [3.8, 4) is 0 Å². The molecule has 0 aliphatic rings. The van der Waals surface area contributed by atoms with Crippen molar-refractivity contribution in [3.63, 3.8) is 0 Å². The number of hydrogen-bond acceptors (Lipinski definition) is 5. The average molecular weight is 295 g/mol. The maximum Gasteiger partial charge on any atom is 0.335 e. The first-order chi connectivity index (χ1) is 9.93. The average Bonchev–Trinajstić information content (AvgIpc) is 2.45. The Morgan fingerprint density at radius 2 is 2.14 bits per heavy atom. The Balaban J connectivity index is 2.48. The van der Waals surface area contributed by atoms with Crippen LogP contribution < -0.4 is 10.6 Å². The van der Waals surface area contributed by atoms with Crippen molar-refractivity contribution in [2.24, 2.45) is 0 Å². The summed E-state index contributed by atoms with van der Waals surface area (Å²) in [6, 6.07) is 1.37. The standard InChI is InChI=1S/C13H17N3O5/c1-3-21-12(19)8(2)16-13(20)15-7-10-6-9(11(17)18)4-5-14-10/h4-6,8H,3,7H2,1-2H3,(H,17,18)(H2,15,16,20). The maximum absolute atomic E-state index is 11.6. The van der Waals surface area contributed by atoms with Crippen molar-refractivity contribution in [2.75, 3.05) is 6.61 Å². The fourth-order valence-corrected chi connectivity index (χ4v) is 1.45. The molecule has 0 aliphatic carbocycles. The van der Waals surface area contributed by atoms with Crippen molar-refractivity contribution in [1.29, 1.82) is 0 Å². The molecule has 0 saturated carbocycles. The number of aromatic carboxylic acids is 1. The van der Waals surface area contributed by atoms with Crippen LogP contribution in [0.3, 0.4) is 0 Å². The molecular weight excluding hydrogens is 278 g/mol. The fourth-order valence-electron chi connectivity index (χ4n) is 1.45. The van der Waals surface area contributed by atoms with Crippen molar-refractivity contribution in [3.05, 3.63) is 29.6 Å². The molecule has 3 N–H and O–H groups in total. The van der Waals surface area contributed by atoms with E-state index in [2.05, 4.69) is 15.6 Å². The third-order valence-electron chi connectivity index (χ3n) is 2.48. The summed E-state index contributed by atoms with van der Waals surface area (Å²) in [4.78, 5) is 37.6. The van der Waals surface area contributed by atoms with E-state index in [4.69, 9.17) is 9.84 Å². The molecule has 1 aromatic rings. The van der Waals surface area contributed by atoms with Gasteiger partial charge in [0.25, 0.3) is 0 Å². The number of nitrogens with one attached hydrogen (secondary N) is 2. The number of urea groups is 1. The van der Waals surface area contributed by atoms with E-state index in [0.29, 0.717) is 5.69 Å². The van der Waals surface area contributed by atoms with Crippen LogP contribution in [-0.4, -0.2) is 40.7 Å². The van der Waals surface area contributed by atoms with E-state index < -0.39 is 24.0 Å². The van der Waals surface area contributed by atoms with Crippen LogP contribution >= 0.6 is 0 Å². The van der Waals surface area contributed by atoms with Crippen molar-refractivity contribution in [1.82, 2.24) is 15.6 Å². The van der Waals surface area contributed by atoms with Crippen LogP contribution in [0.5, 0.6) is 0 Å². The molecule has 0 fully saturated rings. The third-order valence-corrected chi connectivity index (χ3v) is 2.48. The van der Waals surface area contributed by atoms with Gasteiger partial charge in [-0.25, -0.2) is 14.4 Å². The molecule has 1 unspecified atom stereocenters. The summed E-state index contributed by atoms with van der Waals surface area (Å²) >= 11 is 0. The van der Waals surface area contributed by atoms with Crippen LogP contribution in [0.15, 0.2) is 18.3 Å². The normalized spacial score (nSPS) is 11.3. The number of rotatable bonds is 6. The van der Waals surface area contributed by atoms with Gasteiger partial charge in [-0.05, 0) is 26.0 Å². The number of carbonyl (C=O) groups is 3. The highest BCUT2D eigenvalue weighted by Crippen LogP contribution is 2.01. The zero-order chi connectivity index (χ0) is 15.8. The first kappa shape index (κ1) is 16.4. The lowest BCUT2D eigenvalue weighted by molar-refractivity contribution is -0.144.